The Balaban J connectivity index is 1.92. The molecule has 2 aromatic heterocycles. The minimum absolute atomic E-state index is 0.0836. The number of aromatic nitrogens is 3. The molecule has 2 unspecified atom stereocenters. The first-order valence-electron chi connectivity index (χ1n) is 10.6. The molecule has 3 heterocycles. The number of hydrogen-bond acceptors (Lipinski definition) is 4. The molecule has 0 aliphatic carbocycles. The number of benzene rings is 2. The molecule has 2 atom stereocenters. The van der Waals surface area contributed by atoms with Crippen LogP contribution in [0.25, 0.3) is 22.2 Å². The second-order valence-corrected chi connectivity index (χ2v) is 8.24. The van der Waals surface area contributed by atoms with E-state index in [1.165, 1.54) is 11.6 Å². The Bertz CT molecular complexity index is 1430. The van der Waals surface area contributed by atoms with Gasteiger partial charge in [-0.1, -0.05) is 42.5 Å². The number of fused-ring (bicyclic) bond motifs is 3. The van der Waals surface area contributed by atoms with E-state index in [2.05, 4.69) is 4.57 Å². The first-order valence-corrected chi connectivity index (χ1v) is 10.6. The van der Waals surface area contributed by atoms with E-state index in [0.717, 1.165) is 28.3 Å². The number of rotatable bonds is 3. The zero-order chi connectivity index (χ0) is 22.6. The van der Waals surface area contributed by atoms with Crippen molar-refractivity contribution >= 4 is 10.9 Å². The second-order valence-electron chi connectivity index (χ2n) is 8.24. The summed E-state index contributed by atoms with van der Waals surface area (Å²) < 4.78 is 16.6. The van der Waals surface area contributed by atoms with E-state index in [-0.39, 0.29) is 17.4 Å². The largest absolute Gasteiger partial charge is 0.497 e. The van der Waals surface area contributed by atoms with E-state index >= 15 is 0 Å². The number of hydrogen-bond donors (Lipinski definition) is 0. The number of aryl methyl sites for hydroxylation is 1. The Morgan fingerprint density at radius 1 is 0.969 bits per heavy atom. The molecule has 0 fully saturated rings. The molecule has 4 aromatic rings. The van der Waals surface area contributed by atoms with Gasteiger partial charge in [0, 0.05) is 20.6 Å². The molecule has 2 aromatic carbocycles. The molecule has 0 radical (unpaired) electrons. The molecule has 0 amide bonds. The highest BCUT2D eigenvalue weighted by Crippen LogP contribution is 2.42. The van der Waals surface area contributed by atoms with Crippen LogP contribution in [0.1, 0.15) is 24.3 Å². The summed E-state index contributed by atoms with van der Waals surface area (Å²) in [4.78, 5) is 26.3. The monoisotopic (exact) mass is 431 g/mol. The Morgan fingerprint density at radius 2 is 1.66 bits per heavy atom. The fraction of sp³-hybridized carbons (Fsp3) is 0.280. The van der Waals surface area contributed by atoms with Gasteiger partial charge in [-0.2, -0.15) is 0 Å². The standard InChI is InChI=1S/C25H25N3O4/c1-15-14-28-20(16-8-6-5-7-9-16)19-21(26(2)25(30)27(3)24(19)29)22(28)23(32-15)17-10-12-18(31-4)13-11-17/h5-13,15,23H,14H2,1-4H3. The van der Waals surface area contributed by atoms with Crippen LogP contribution in [0.2, 0.25) is 0 Å². The molecule has 1 aliphatic heterocycles. The fourth-order valence-corrected chi connectivity index (χ4v) is 4.70. The number of methoxy groups -OCH3 is 1. The fourth-order valence-electron chi connectivity index (χ4n) is 4.70. The summed E-state index contributed by atoms with van der Waals surface area (Å²) in [6.45, 7) is 2.61. The first-order chi connectivity index (χ1) is 15.4. The van der Waals surface area contributed by atoms with Gasteiger partial charge >= 0.3 is 5.69 Å². The lowest BCUT2D eigenvalue weighted by Crippen LogP contribution is -2.37. The SMILES string of the molecule is COc1ccc(C2OC(C)Cn3c(-c4ccccc4)c4c(=O)n(C)c(=O)n(C)c4c32)cc1. The van der Waals surface area contributed by atoms with Crippen LogP contribution < -0.4 is 16.0 Å². The molecular formula is C25H25N3O4. The van der Waals surface area contributed by atoms with Crippen LogP contribution in [-0.4, -0.2) is 26.9 Å². The van der Waals surface area contributed by atoms with Gasteiger partial charge in [-0.05, 0) is 30.2 Å². The van der Waals surface area contributed by atoms with Crippen molar-refractivity contribution in [2.75, 3.05) is 7.11 Å². The van der Waals surface area contributed by atoms with Crippen LogP contribution in [0.5, 0.6) is 5.75 Å². The van der Waals surface area contributed by atoms with Gasteiger partial charge in [0.05, 0.1) is 35.5 Å². The third-order valence-electron chi connectivity index (χ3n) is 6.23. The third kappa shape index (κ3) is 2.92. The molecule has 0 N–H and O–H groups in total. The molecule has 0 saturated heterocycles. The highest BCUT2D eigenvalue weighted by Gasteiger charge is 2.35. The Kier molecular flexibility index (Phi) is 4.78. The van der Waals surface area contributed by atoms with Gasteiger partial charge in [0.15, 0.2) is 0 Å². The van der Waals surface area contributed by atoms with Crippen LogP contribution >= 0.6 is 0 Å². The summed E-state index contributed by atoms with van der Waals surface area (Å²) in [6, 6.07) is 17.6. The van der Waals surface area contributed by atoms with Gasteiger partial charge in [-0.15, -0.1) is 0 Å². The summed E-state index contributed by atoms with van der Waals surface area (Å²) in [6.07, 6.45) is -0.512. The van der Waals surface area contributed by atoms with Crippen LogP contribution in [0, 0.1) is 0 Å². The van der Waals surface area contributed by atoms with Gasteiger partial charge in [0.1, 0.15) is 11.9 Å². The molecule has 7 nitrogen and oxygen atoms in total. The van der Waals surface area contributed by atoms with E-state index in [0.29, 0.717) is 17.4 Å². The smallest absolute Gasteiger partial charge is 0.331 e. The summed E-state index contributed by atoms with van der Waals surface area (Å²) in [5, 5.41) is 0.534. The molecule has 1 aliphatic rings. The van der Waals surface area contributed by atoms with Gasteiger partial charge in [0.25, 0.3) is 5.56 Å². The zero-order valence-corrected chi connectivity index (χ0v) is 18.5. The summed E-state index contributed by atoms with van der Waals surface area (Å²) in [5.74, 6) is 0.754. The Hall–Kier alpha value is -3.58. The van der Waals surface area contributed by atoms with E-state index < -0.39 is 6.10 Å². The molecule has 164 valence electrons. The first kappa shape index (κ1) is 20.3. The maximum Gasteiger partial charge on any atom is 0.331 e. The van der Waals surface area contributed by atoms with Crippen molar-refractivity contribution in [3.8, 4) is 17.0 Å². The summed E-state index contributed by atoms with van der Waals surface area (Å²) in [5.41, 5.74) is 3.46. The molecule has 0 saturated carbocycles. The van der Waals surface area contributed by atoms with Gasteiger partial charge in [-0.3, -0.25) is 13.9 Å². The van der Waals surface area contributed by atoms with Crippen molar-refractivity contribution in [2.45, 2.75) is 25.7 Å². The highest BCUT2D eigenvalue weighted by atomic mass is 16.5. The topological polar surface area (TPSA) is 67.4 Å². The van der Waals surface area contributed by atoms with Crippen molar-refractivity contribution in [3.05, 3.63) is 86.7 Å². The number of ether oxygens (including phenoxy) is 2. The van der Waals surface area contributed by atoms with E-state index in [9.17, 15) is 9.59 Å². The minimum atomic E-state index is -0.428. The van der Waals surface area contributed by atoms with Crippen molar-refractivity contribution < 1.29 is 9.47 Å². The summed E-state index contributed by atoms with van der Waals surface area (Å²) >= 11 is 0. The molecular weight excluding hydrogens is 406 g/mol. The lowest BCUT2D eigenvalue weighted by atomic mass is 10.0. The second kappa shape index (κ2) is 7.53. The van der Waals surface area contributed by atoms with E-state index in [4.69, 9.17) is 9.47 Å². The Morgan fingerprint density at radius 3 is 2.31 bits per heavy atom. The van der Waals surface area contributed by atoms with Gasteiger partial charge < -0.3 is 14.0 Å². The summed E-state index contributed by atoms with van der Waals surface area (Å²) in [7, 11) is 4.86. The minimum Gasteiger partial charge on any atom is -0.497 e. The Labute approximate surface area is 185 Å². The van der Waals surface area contributed by atoms with Crippen molar-refractivity contribution in [2.24, 2.45) is 14.1 Å². The van der Waals surface area contributed by atoms with Crippen LogP contribution in [0.3, 0.4) is 0 Å². The van der Waals surface area contributed by atoms with Crippen LogP contribution in [0.15, 0.2) is 64.2 Å². The average molecular weight is 431 g/mol. The predicted molar refractivity (Wildman–Crippen MR) is 123 cm³/mol. The molecule has 0 bridgehead atoms. The maximum atomic E-state index is 13.4. The predicted octanol–water partition coefficient (Wildman–Crippen LogP) is 3.22. The lowest BCUT2D eigenvalue weighted by Gasteiger charge is -2.32. The highest BCUT2D eigenvalue weighted by molar-refractivity contribution is 5.96. The average Bonchev–Trinajstić information content (AvgIpc) is 3.16. The molecule has 5 rings (SSSR count). The van der Waals surface area contributed by atoms with Crippen LogP contribution in [0.4, 0.5) is 0 Å². The van der Waals surface area contributed by atoms with E-state index in [1.54, 1.807) is 18.7 Å². The normalized spacial score (nSPS) is 18.0. The van der Waals surface area contributed by atoms with Crippen molar-refractivity contribution in [1.82, 2.24) is 13.7 Å². The van der Waals surface area contributed by atoms with E-state index in [1.807, 2.05) is 61.5 Å². The molecule has 32 heavy (non-hydrogen) atoms. The maximum absolute atomic E-state index is 13.4. The quantitative estimate of drug-likeness (QED) is 0.500. The van der Waals surface area contributed by atoms with Gasteiger partial charge in [0.2, 0.25) is 0 Å². The third-order valence-corrected chi connectivity index (χ3v) is 6.23. The number of nitrogens with zero attached hydrogens (tertiary/aromatic N) is 3. The molecule has 7 heteroatoms. The molecule has 0 spiro atoms. The van der Waals surface area contributed by atoms with Crippen LogP contribution in [-0.2, 0) is 25.4 Å². The lowest BCUT2D eigenvalue weighted by molar-refractivity contribution is -0.0142. The van der Waals surface area contributed by atoms with Crippen molar-refractivity contribution in [3.63, 3.8) is 0 Å². The van der Waals surface area contributed by atoms with Crippen molar-refractivity contribution in [1.29, 1.82) is 0 Å². The van der Waals surface area contributed by atoms with Gasteiger partial charge in [-0.25, -0.2) is 4.79 Å². The zero-order valence-electron chi connectivity index (χ0n) is 18.5.